The van der Waals surface area contributed by atoms with Crippen molar-refractivity contribution in [2.24, 2.45) is 0 Å². The second kappa shape index (κ2) is 5.66. The summed E-state index contributed by atoms with van der Waals surface area (Å²) in [4.78, 5) is 13.9. The minimum Gasteiger partial charge on any atom is -0.396 e. The number of anilines is 1. The highest BCUT2D eigenvalue weighted by molar-refractivity contribution is 5.99. The van der Waals surface area contributed by atoms with E-state index in [-0.39, 0.29) is 23.2 Å². The van der Waals surface area contributed by atoms with Gasteiger partial charge >= 0.3 is 0 Å². The number of benzene rings is 1. The van der Waals surface area contributed by atoms with Gasteiger partial charge in [-0.05, 0) is 32.4 Å². The SMILES string of the molecule is CCCN(C(=O)c1cccc(F)c1N)C(C)C. The summed E-state index contributed by atoms with van der Waals surface area (Å²) in [5, 5.41) is 0. The van der Waals surface area contributed by atoms with Crippen LogP contribution in [0.25, 0.3) is 0 Å². The topological polar surface area (TPSA) is 46.3 Å². The summed E-state index contributed by atoms with van der Waals surface area (Å²) in [5.41, 5.74) is 5.77. The van der Waals surface area contributed by atoms with Gasteiger partial charge < -0.3 is 10.6 Å². The van der Waals surface area contributed by atoms with Gasteiger partial charge in [-0.3, -0.25) is 4.79 Å². The number of hydrogen-bond donors (Lipinski definition) is 1. The molecule has 17 heavy (non-hydrogen) atoms. The molecular weight excluding hydrogens is 219 g/mol. The molecule has 1 amide bonds. The molecule has 0 atom stereocenters. The van der Waals surface area contributed by atoms with Crippen LogP contribution in [0.1, 0.15) is 37.6 Å². The Hall–Kier alpha value is -1.58. The van der Waals surface area contributed by atoms with Crippen molar-refractivity contribution in [2.75, 3.05) is 12.3 Å². The van der Waals surface area contributed by atoms with Crippen LogP contribution in [-0.2, 0) is 0 Å². The van der Waals surface area contributed by atoms with Crippen molar-refractivity contribution in [2.45, 2.75) is 33.2 Å². The van der Waals surface area contributed by atoms with Crippen LogP contribution in [0.2, 0.25) is 0 Å². The predicted octanol–water partition coefficient (Wildman–Crippen LogP) is 2.67. The maximum absolute atomic E-state index is 13.3. The van der Waals surface area contributed by atoms with Crippen molar-refractivity contribution in [1.82, 2.24) is 4.90 Å². The Balaban J connectivity index is 3.05. The Morgan fingerprint density at radius 3 is 2.65 bits per heavy atom. The summed E-state index contributed by atoms with van der Waals surface area (Å²) < 4.78 is 13.3. The highest BCUT2D eigenvalue weighted by atomic mass is 19.1. The molecule has 0 aliphatic rings. The van der Waals surface area contributed by atoms with E-state index in [0.29, 0.717) is 6.54 Å². The van der Waals surface area contributed by atoms with Crippen LogP contribution in [-0.4, -0.2) is 23.4 Å². The number of hydrogen-bond acceptors (Lipinski definition) is 2. The Morgan fingerprint density at radius 1 is 1.47 bits per heavy atom. The number of nitrogens with two attached hydrogens (primary N) is 1. The van der Waals surface area contributed by atoms with Crippen molar-refractivity contribution < 1.29 is 9.18 Å². The van der Waals surface area contributed by atoms with Gasteiger partial charge in [0.15, 0.2) is 0 Å². The van der Waals surface area contributed by atoms with Gasteiger partial charge in [0.1, 0.15) is 5.82 Å². The Labute approximate surface area is 101 Å². The molecule has 1 aromatic rings. The highest BCUT2D eigenvalue weighted by Crippen LogP contribution is 2.19. The molecule has 0 spiro atoms. The number of amides is 1. The monoisotopic (exact) mass is 238 g/mol. The van der Waals surface area contributed by atoms with Crippen molar-refractivity contribution in [3.8, 4) is 0 Å². The summed E-state index contributed by atoms with van der Waals surface area (Å²) in [7, 11) is 0. The smallest absolute Gasteiger partial charge is 0.256 e. The van der Waals surface area contributed by atoms with Crippen LogP contribution in [0, 0.1) is 5.82 Å². The number of carbonyl (C=O) groups is 1. The maximum atomic E-state index is 13.3. The number of nitrogens with zero attached hydrogens (tertiary/aromatic N) is 1. The van der Waals surface area contributed by atoms with Crippen LogP contribution in [0.15, 0.2) is 18.2 Å². The van der Waals surface area contributed by atoms with Crippen LogP contribution in [0.5, 0.6) is 0 Å². The molecule has 0 fully saturated rings. The molecule has 0 saturated carbocycles. The zero-order valence-electron chi connectivity index (χ0n) is 10.5. The van der Waals surface area contributed by atoms with Gasteiger partial charge in [0.05, 0.1) is 11.3 Å². The lowest BCUT2D eigenvalue weighted by Gasteiger charge is -2.26. The van der Waals surface area contributed by atoms with Crippen LogP contribution < -0.4 is 5.73 Å². The lowest BCUT2D eigenvalue weighted by atomic mass is 10.1. The zero-order valence-corrected chi connectivity index (χ0v) is 10.5. The second-order valence-electron chi connectivity index (χ2n) is 4.29. The highest BCUT2D eigenvalue weighted by Gasteiger charge is 2.20. The standard InChI is InChI=1S/C13H19FN2O/c1-4-8-16(9(2)3)13(17)10-6-5-7-11(14)12(10)15/h5-7,9H,4,8,15H2,1-3H3. The molecular formula is C13H19FN2O. The largest absolute Gasteiger partial charge is 0.396 e. The third kappa shape index (κ3) is 2.96. The fraction of sp³-hybridized carbons (Fsp3) is 0.462. The minimum atomic E-state index is -0.545. The molecule has 3 nitrogen and oxygen atoms in total. The van der Waals surface area contributed by atoms with E-state index < -0.39 is 5.82 Å². The molecule has 0 heterocycles. The third-order valence-corrected chi connectivity index (χ3v) is 2.63. The lowest BCUT2D eigenvalue weighted by Crippen LogP contribution is -2.37. The number of para-hydroxylation sites is 1. The molecule has 2 N–H and O–H groups in total. The quantitative estimate of drug-likeness (QED) is 0.820. The normalized spacial score (nSPS) is 10.6. The van der Waals surface area contributed by atoms with Gasteiger partial charge in [0.25, 0.3) is 5.91 Å². The maximum Gasteiger partial charge on any atom is 0.256 e. The van der Waals surface area contributed by atoms with E-state index in [1.165, 1.54) is 12.1 Å². The minimum absolute atomic E-state index is 0.0701. The lowest BCUT2D eigenvalue weighted by molar-refractivity contribution is 0.0706. The average Bonchev–Trinajstić information content (AvgIpc) is 2.28. The van der Waals surface area contributed by atoms with Gasteiger partial charge in [-0.1, -0.05) is 13.0 Å². The van der Waals surface area contributed by atoms with Crippen molar-refractivity contribution >= 4 is 11.6 Å². The molecule has 4 heteroatoms. The van der Waals surface area contributed by atoms with Crippen molar-refractivity contribution in [3.05, 3.63) is 29.6 Å². The van der Waals surface area contributed by atoms with Crippen molar-refractivity contribution in [3.63, 3.8) is 0 Å². The van der Waals surface area contributed by atoms with Crippen LogP contribution in [0.4, 0.5) is 10.1 Å². The molecule has 94 valence electrons. The fourth-order valence-corrected chi connectivity index (χ4v) is 1.71. The van der Waals surface area contributed by atoms with Crippen LogP contribution >= 0.6 is 0 Å². The molecule has 0 aliphatic heterocycles. The number of carbonyl (C=O) groups excluding carboxylic acids is 1. The molecule has 0 unspecified atom stereocenters. The van der Waals surface area contributed by atoms with E-state index in [1.54, 1.807) is 11.0 Å². The summed E-state index contributed by atoms with van der Waals surface area (Å²) in [5.74, 6) is -0.755. The number of nitrogen functional groups attached to an aromatic ring is 1. The van der Waals surface area contributed by atoms with E-state index in [4.69, 9.17) is 5.73 Å². The molecule has 0 aliphatic carbocycles. The summed E-state index contributed by atoms with van der Waals surface area (Å²) >= 11 is 0. The molecule has 1 rings (SSSR count). The zero-order chi connectivity index (χ0) is 13.0. The van der Waals surface area contributed by atoms with Gasteiger partial charge in [-0.25, -0.2) is 4.39 Å². The average molecular weight is 238 g/mol. The fourth-order valence-electron chi connectivity index (χ4n) is 1.71. The molecule has 1 aromatic carbocycles. The molecule has 0 aromatic heterocycles. The molecule has 0 radical (unpaired) electrons. The van der Waals surface area contributed by atoms with E-state index in [9.17, 15) is 9.18 Å². The summed E-state index contributed by atoms with van der Waals surface area (Å²) in [6.45, 7) is 6.51. The number of rotatable bonds is 4. The molecule has 0 saturated heterocycles. The summed E-state index contributed by atoms with van der Waals surface area (Å²) in [6, 6.07) is 4.39. The number of halogens is 1. The third-order valence-electron chi connectivity index (χ3n) is 2.63. The second-order valence-corrected chi connectivity index (χ2v) is 4.29. The van der Waals surface area contributed by atoms with Crippen LogP contribution in [0.3, 0.4) is 0 Å². The van der Waals surface area contributed by atoms with E-state index in [1.807, 2.05) is 20.8 Å². The van der Waals surface area contributed by atoms with Gasteiger partial charge in [-0.15, -0.1) is 0 Å². The first-order valence-corrected chi connectivity index (χ1v) is 5.84. The van der Waals surface area contributed by atoms with Gasteiger partial charge in [-0.2, -0.15) is 0 Å². The predicted molar refractivity (Wildman–Crippen MR) is 67.3 cm³/mol. The van der Waals surface area contributed by atoms with E-state index in [0.717, 1.165) is 6.42 Å². The van der Waals surface area contributed by atoms with E-state index >= 15 is 0 Å². The molecule has 0 bridgehead atoms. The first kappa shape index (κ1) is 13.5. The van der Waals surface area contributed by atoms with Gasteiger partial charge in [0, 0.05) is 12.6 Å². The summed E-state index contributed by atoms with van der Waals surface area (Å²) in [6.07, 6.45) is 0.860. The Morgan fingerprint density at radius 2 is 2.12 bits per heavy atom. The first-order chi connectivity index (χ1) is 7.99. The van der Waals surface area contributed by atoms with Crippen molar-refractivity contribution in [1.29, 1.82) is 0 Å². The Kier molecular flexibility index (Phi) is 4.49. The van der Waals surface area contributed by atoms with Gasteiger partial charge in [0.2, 0.25) is 0 Å². The Bertz CT molecular complexity index is 404. The van der Waals surface area contributed by atoms with E-state index in [2.05, 4.69) is 0 Å². The first-order valence-electron chi connectivity index (χ1n) is 5.84.